The third-order valence-corrected chi connectivity index (χ3v) is 5.54. The number of rotatable bonds is 5. The van der Waals surface area contributed by atoms with Crippen LogP contribution in [0.3, 0.4) is 0 Å². The van der Waals surface area contributed by atoms with Crippen LogP contribution in [0.25, 0.3) is 22.3 Å². The summed E-state index contributed by atoms with van der Waals surface area (Å²) in [6.45, 7) is 2.23. The molecule has 9 heteroatoms. The molecule has 4 N–H and O–H groups in total. The lowest BCUT2D eigenvalue weighted by Crippen LogP contribution is -2.18. The van der Waals surface area contributed by atoms with Crippen molar-refractivity contribution in [2.24, 2.45) is 5.73 Å². The Morgan fingerprint density at radius 2 is 1.94 bits per heavy atom. The summed E-state index contributed by atoms with van der Waals surface area (Å²) in [6, 6.07) is 13.1. The average Bonchev–Trinajstić information content (AvgIpc) is 3.55. The van der Waals surface area contributed by atoms with Crippen LogP contribution in [0.15, 0.2) is 53.2 Å². The highest BCUT2D eigenvalue weighted by Gasteiger charge is 2.13. The number of carbonyl (C=O) groups is 1. The lowest BCUT2D eigenvalue weighted by Gasteiger charge is -2.17. The van der Waals surface area contributed by atoms with Crippen molar-refractivity contribution in [1.29, 1.82) is 0 Å². The van der Waals surface area contributed by atoms with Crippen LogP contribution >= 0.6 is 11.6 Å². The van der Waals surface area contributed by atoms with Gasteiger partial charge in [0.15, 0.2) is 0 Å². The normalized spacial score (nSPS) is 13.2. The average molecular weight is 454 g/mol. The van der Waals surface area contributed by atoms with Gasteiger partial charge in [-0.1, -0.05) is 16.8 Å². The summed E-state index contributed by atoms with van der Waals surface area (Å²) in [5.74, 6) is 0.550. The van der Waals surface area contributed by atoms with Crippen LogP contribution in [0, 0.1) is 0 Å². The summed E-state index contributed by atoms with van der Waals surface area (Å²) in [7, 11) is 0. The number of primary amides is 1. The monoisotopic (exact) mass is 453 g/mol. The molecule has 166 valence electrons. The maximum absolute atomic E-state index is 10.8. The molecule has 0 spiro atoms. The summed E-state index contributed by atoms with van der Waals surface area (Å²) < 4.78 is 5.04. The first-order chi connectivity index (χ1) is 15.5. The predicted molar refractivity (Wildman–Crippen MR) is 124 cm³/mol. The standard InChI is InChI=1S/C12H10ClN3O2.C11H14N2O/c13-7-1-2-10-8(5-7)9(6-14-10)12-15-11(3-4-17)18-16-12;12-11(14)9-3-5-10(6-4-9)13-7-1-2-8-13/h1-2,5-6,14,17H,3-4H2;3-6H,1-2,7-8H2,(H2,12,14). The number of aromatic amines is 1. The largest absolute Gasteiger partial charge is 0.396 e. The third-order valence-electron chi connectivity index (χ3n) is 5.30. The van der Waals surface area contributed by atoms with E-state index in [0.29, 0.717) is 28.7 Å². The van der Waals surface area contributed by atoms with Crippen molar-refractivity contribution in [3.63, 3.8) is 0 Å². The molecule has 1 aliphatic heterocycles. The van der Waals surface area contributed by atoms with E-state index < -0.39 is 0 Å². The van der Waals surface area contributed by atoms with Crippen molar-refractivity contribution in [1.82, 2.24) is 15.1 Å². The molecule has 2 aromatic heterocycles. The van der Waals surface area contributed by atoms with Gasteiger partial charge in [-0.05, 0) is 55.3 Å². The number of fused-ring (bicyclic) bond motifs is 1. The fourth-order valence-electron chi connectivity index (χ4n) is 3.65. The van der Waals surface area contributed by atoms with Gasteiger partial charge < -0.3 is 25.2 Å². The number of halogens is 1. The lowest BCUT2D eigenvalue weighted by molar-refractivity contribution is 0.100. The fourth-order valence-corrected chi connectivity index (χ4v) is 3.82. The number of benzene rings is 2. The zero-order chi connectivity index (χ0) is 22.5. The van der Waals surface area contributed by atoms with Gasteiger partial charge in [0.25, 0.3) is 0 Å². The first-order valence-corrected chi connectivity index (χ1v) is 10.8. The zero-order valence-corrected chi connectivity index (χ0v) is 18.2. The summed E-state index contributed by atoms with van der Waals surface area (Å²) >= 11 is 5.98. The number of carbonyl (C=O) groups excluding carboxylic acids is 1. The SMILES string of the molecule is NC(=O)c1ccc(N2CCCC2)cc1.OCCc1nc(-c2c[nH]c3ccc(Cl)cc23)no1. The van der Waals surface area contributed by atoms with E-state index in [1.54, 1.807) is 12.1 Å². The number of nitrogens with two attached hydrogens (primary N) is 1. The number of nitrogens with one attached hydrogen (secondary N) is 1. The molecule has 0 aliphatic carbocycles. The highest BCUT2D eigenvalue weighted by molar-refractivity contribution is 6.31. The van der Waals surface area contributed by atoms with Crippen molar-refractivity contribution < 1.29 is 14.4 Å². The van der Waals surface area contributed by atoms with Crippen molar-refractivity contribution in [3.8, 4) is 11.4 Å². The summed E-state index contributed by atoms with van der Waals surface area (Å²) in [5, 5.41) is 14.3. The van der Waals surface area contributed by atoms with E-state index in [4.69, 9.17) is 27.0 Å². The summed E-state index contributed by atoms with van der Waals surface area (Å²) in [4.78, 5) is 20.5. The highest BCUT2D eigenvalue weighted by atomic mass is 35.5. The second kappa shape index (κ2) is 9.84. The van der Waals surface area contributed by atoms with Crippen LogP contribution in [0.4, 0.5) is 5.69 Å². The van der Waals surface area contributed by atoms with Crippen LogP contribution in [-0.2, 0) is 6.42 Å². The second-order valence-electron chi connectivity index (χ2n) is 7.48. The number of aliphatic hydroxyl groups excluding tert-OH is 1. The Labute approximate surface area is 190 Å². The van der Waals surface area contributed by atoms with E-state index in [1.807, 2.05) is 36.5 Å². The maximum Gasteiger partial charge on any atom is 0.248 e. The molecule has 0 radical (unpaired) electrons. The minimum atomic E-state index is -0.363. The van der Waals surface area contributed by atoms with E-state index in [0.717, 1.165) is 29.6 Å². The van der Waals surface area contributed by atoms with E-state index in [-0.39, 0.29) is 12.5 Å². The Morgan fingerprint density at radius 1 is 1.19 bits per heavy atom. The van der Waals surface area contributed by atoms with E-state index >= 15 is 0 Å². The van der Waals surface area contributed by atoms with Crippen molar-refractivity contribution >= 4 is 34.1 Å². The molecule has 32 heavy (non-hydrogen) atoms. The highest BCUT2D eigenvalue weighted by Crippen LogP contribution is 2.28. The first kappa shape index (κ1) is 21.9. The topological polar surface area (TPSA) is 121 Å². The Kier molecular flexibility index (Phi) is 6.72. The van der Waals surface area contributed by atoms with Gasteiger partial charge >= 0.3 is 0 Å². The minimum absolute atomic E-state index is 0.0126. The molecule has 0 bridgehead atoms. The molecule has 1 amide bonds. The second-order valence-corrected chi connectivity index (χ2v) is 7.92. The molecule has 0 saturated carbocycles. The molecule has 1 saturated heterocycles. The predicted octanol–water partition coefficient (Wildman–Crippen LogP) is 3.79. The van der Waals surface area contributed by atoms with Crippen molar-refractivity contribution in [3.05, 3.63) is 65.1 Å². The fraction of sp³-hybridized carbons (Fsp3) is 0.261. The Bertz CT molecular complexity index is 1200. The van der Waals surface area contributed by atoms with Crippen molar-refractivity contribution in [2.45, 2.75) is 19.3 Å². The number of hydrogen-bond donors (Lipinski definition) is 3. The molecule has 4 aromatic rings. The molecule has 1 fully saturated rings. The minimum Gasteiger partial charge on any atom is -0.396 e. The van der Waals surface area contributed by atoms with Gasteiger partial charge in [0.05, 0.1) is 13.0 Å². The Hall–Kier alpha value is -3.36. The van der Waals surface area contributed by atoms with E-state index in [1.165, 1.54) is 18.5 Å². The molecule has 5 rings (SSSR count). The van der Waals surface area contributed by atoms with E-state index in [2.05, 4.69) is 20.0 Å². The van der Waals surface area contributed by atoms with Crippen LogP contribution in [0.5, 0.6) is 0 Å². The molecule has 3 heterocycles. The Morgan fingerprint density at radius 3 is 2.62 bits per heavy atom. The third kappa shape index (κ3) is 4.92. The van der Waals surface area contributed by atoms with Gasteiger partial charge in [0.2, 0.25) is 17.6 Å². The van der Waals surface area contributed by atoms with Gasteiger partial charge in [-0.15, -0.1) is 0 Å². The summed E-state index contributed by atoms with van der Waals surface area (Å²) in [6.07, 6.45) is 4.69. The van der Waals surface area contributed by atoms with Crippen LogP contribution in [0.2, 0.25) is 5.02 Å². The number of nitrogens with zero attached hydrogens (tertiary/aromatic N) is 3. The number of anilines is 1. The smallest absolute Gasteiger partial charge is 0.248 e. The molecule has 2 aromatic carbocycles. The van der Waals surface area contributed by atoms with Gasteiger partial charge in [0, 0.05) is 52.0 Å². The molecule has 1 aliphatic rings. The lowest BCUT2D eigenvalue weighted by atomic mass is 10.1. The van der Waals surface area contributed by atoms with Gasteiger partial charge in [-0.2, -0.15) is 4.98 Å². The first-order valence-electron chi connectivity index (χ1n) is 10.4. The van der Waals surface area contributed by atoms with Gasteiger partial charge in [-0.25, -0.2) is 0 Å². The van der Waals surface area contributed by atoms with Crippen LogP contribution in [-0.4, -0.2) is 45.8 Å². The quantitative estimate of drug-likeness (QED) is 0.422. The maximum atomic E-state index is 10.8. The molecule has 8 nitrogen and oxygen atoms in total. The van der Waals surface area contributed by atoms with Gasteiger partial charge in [0.1, 0.15) is 0 Å². The van der Waals surface area contributed by atoms with Crippen molar-refractivity contribution in [2.75, 3.05) is 24.6 Å². The molecule has 0 unspecified atom stereocenters. The number of amides is 1. The number of aliphatic hydroxyl groups is 1. The number of aromatic nitrogens is 3. The van der Waals surface area contributed by atoms with E-state index in [9.17, 15) is 4.79 Å². The number of hydrogen-bond acceptors (Lipinski definition) is 6. The molecular weight excluding hydrogens is 430 g/mol. The van der Waals surface area contributed by atoms with Crippen LogP contribution < -0.4 is 10.6 Å². The molecule has 0 atom stereocenters. The molecular formula is C23H24ClN5O3. The van der Waals surface area contributed by atoms with Gasteiger partial charge in [-0.3, -0.25) is 4.79 Å². The van der Waals surface area contributed by atoms with Crippen LogP contribution in [0.1, 0.15) is 29.1 Å². The Balaban J connectivity index is 0.000000158. The zero-order valence-electron chi connectivity index (χ0n) is 17.4. The summed E-state index contributed by atoms with van der Waals surface area (Å²) in [5.41, 5.74) is 8.72. The number of H-pyrrole nitrogens is 1.